The maximum absolute atomic E-state index is 12.1. The van der Waals surface area contributed by atoms with Crippen molar-refractivity contribution < 1.29 is 9.53 Å². The van der Waals surface area contributed by atoms with Gasteiger partial charge < -0.3 is 15.0 Å². The maximum atomic E-state index is 12.1. The number of ether oxygens (including phenoxy) is 1. The molecule has 1 atom stereocenters. The van der Waals surface area contributed by atoms with Crippen LogP contribution in [0.3, 0.4) is 0 Å². The van der Waals surface area contributed by atoms with Crippen LogP contribution in [0.1, 0.15) is 27.2 Å². The molecule has 2 aromatic rings. The van der Waals surface area contributed by atoms with Gasteiger partial charge in [0, 0.05) is 19.1 Å². The number of thiophene rings is 1. The molecule has 6 nitrogen and oxygen atoms in total. The normalized spacial score (nSPS) is 18.4. The lowest BCUT2D eigenvalue weighted by Gasteiger charge is -2.24. The van der Waals surface area contributed by atoms with Gasteiger partial charge in [-0.2, -0.15) is 4.98 Å². The fourth-order valence-electron chi connectivity index (χ4n) is 2.50. The second kappa shape index (κ2) is 6.13. The molecule has 0 aliphatic carbocycles. The molecule has 124 valence electrons. The molecule has 1 fully saturated rings. The average molecular weight is 355 g/mol. The number of carbonyl (C=O) groups excluding carboxylic acids is 1. The third-order valence-corrected chi connectivity index (χ3v) is 4.54. The van der Waals surface area contributed by atoms with Crippen LogP contribution in [0.15, 0.2) is 11.4 Å². The zero-order chi connectivity index (χ0) is 16.6. The summed E-state index contributed by atoms with van der Waals surface area (Å²) in [4.78, 5) is 22.3. The Morgan fingerprint density at radius 1 is 1.48 bits per heavy atom. The molecule has 3 rings (SSSR count). The van der Waals surface area contributed by atoms with Crippen molar-refractivity contribution in [2.45, 2.75) is 38.8 Å². The molecule has 0 bridgehead atoms. The lowest BCUT2D eigenvalue weighted by Crippen LogP contribution is -2.36. The Kier molecular flexibility index (Phi) is 4.33. The van der Waals surface area contributed by atoms with E-state index in [0.29, 0.717) is 13.1 Å². The molecule has 3 heterocycles. The number of anilines is 1. The first-order valence-corrected chi connectivity index (χ1v) is 8.73. The summed E-state index contributed by atoms with van der Waals surface area (Å²) >= 11 is 7.55. The summed E-state index contributed by atoms with van der Waals surface area (Å²) in [5, 5.41) is 5.57. The molecule has 0 aromatic carbocycles. The van der Waals surface area contributed by atoms with Crippen molar-refractivity contribution in [2.24, 2.45) is 0 Å². The second-order valence-corrected chi connectivity index (χ2v) is 7.79. The van der Waals surface area contributed by atoms with Gasteiger partial charge in [0.1, 0.15) is 11.4 Å². The van der Waals surface area contributed by atoms with Gasteiger partial charge in [0.2, 0.25) is 5.28 Å². The number of fused-ring (bicyclic) bond motifs is 1. The van der Waals surface area contributed by atoms with E-state index in [1.165, 1.54) is 0 Å². The minimum atomic E-state index is -0.480. The van der Waals surface area contributed by atoms with E-state index in [-0.39, 0.29) is 17.4 Å². The molecule has 1 unspecified atom stereocenters. The number of halogens is 1. The van der Waals surface area contributed by atoms with Gasteiger partial charge in [-0.25, -0.2) is 9.78 Å². The summed E-state index contributed by atoms with van der Waals surface area (Å²) in [5.41, 5.74) is 0.353. The lowest BCUT2D eigenvalue weighted by atomic mass is 10.2. The molecule has 0 spiro atoms. The molecule has 8 heteroatoms. The molecule has 1 amide bonds. The number of hydrogen-bond acceptors (Lipinski definition) is 6. The van der Waals surface area contributed by atoms with E-state index in [4.69, 9.17) is 16.3 Å². The molecule has 1 aliphatic heterocycles. The number of nitrogens with one attached hydrogen (secondary N) is 1. The van der Waals surface area contributed by atoms with Gasteiger partial charge in [0.05, 0.1) is 10.2 Å². The summed E-state index contributed by atoms with van der Waals surface area (Å²) in [7, 11) is 0. The van der Waals surface area contributed by atoms with Crippen LogP contribution >= 0.6 is 22.9 Å². The molecular formula is C15H19ClN4O2S. The Balaban J connectivity index is 1.68. The summed E-state index contributed by atoms with van der Waals surface area (Å²) in [6.07, 6.45) is 0.567. The van der Waals surface area contributed by atoms with Gasteiger partial charge in [0.15, 0.2) is 0 Å². The fourth-order valence-corrected chi connectivity index (χ4v) is 3.46. The number of carbonyl (C=O) groups is 1. The Hall–Kier alpha value is -1.60. The van der Waals surface area contributed by atoms with E-state index in [1.54, 1.807) is 16.2 Å². The highest BCUT2D eigenvalue weighted by atomic mass is 35.5. The number of likely N-dealkylation sites (tertiary alicyclic amines) is 1. The van der Waals surface area contributed by atoms with E-state index in [9.17, 15) is 4.79 Å². The van der Waals surface area contributed by atoms with Crippen LogP contribution in [-0.4, -0.2) is 45.7 Å². The SMILES string of the molecule is CC(C)(C)OC(=O)N1CCC(Nc2nc(Cl)nc3ccsc23)C1. The zero-order valence-electron chi connectivity index (χ0n) is 13.3. The van der Waals surface area contributed by atoms with Crippen molar-refractivity contribution >= 4 is 45.1 Å². The molecule has 2 aromatic heterocycles. The van der Waals surface area contributed by atoms with Crippen LogP contribution in [0.2, 0.25) is 5.28 Å². The van der Waals surface area contributed by atoms with E-state index in [1.807, 2.05) is 32.2 Å². The van der Waals surface area contributed by atoms with Crippen molar-refractivity contribution in [3.05, 3.63) is 16.7 Å². The Labute approximate surface area is 143 Å². The number of rotatable bonds is 2. The quantitative estimate of drug-likeness (QED) is 0.831. The Morgan fingerprint density at radius 2 is 2.26 bits per heavy atom. The lowest BCUT2D eigenvalue weighted by molar-refractivity contribution is 0.0293. The largest absolute Gasteiger partial charge is 0.444 e. The highest BCUT2D eigenvalue weighted by molar-refractivity contribution is 7.17. The van der Waals surface area contributed by atoms with Crippen molar-refractivity contribution in [1.29, 1.82) is 0 Å². The predicted molar refractivity (Wildman–Crippen MR) is 92.3 cm³/mol. The predicted octanol–water partition coefficient (Wildman–Crippen LogP) is 3.77. The highest BCUT2D eigenvalue weighted by Crippen LogP contribution is 2.29. The fraction of sp³-hybridized carbons (Fsp3) is 0.533. The first-order valence-electron chi connectivity index (χ1n) is 7.47. The Bertz CT molecular complexity index is 728. The molecule has 1 N–H and O–H groups in total. The van der Waals surface area contributed by atoms with Gasteiger partial charge >= 0.3 is 6.09 Å². The molecule has 1 saturated heterocycles. The third kappa shape index (κ3) is 3.84. The van der Waals surface area contributed by atoms with Crippen LogP contribution in [0.25, 0.3) is 10.2 Å². The molecule has 1 aliphatic rings. The topological polar surface area (TPSA) is 67.3 Å². The first-order chi connectivity index (χ1) is 10.8. The van der Waals surface area contributed by atoms with Crippen molar-refractivity contribution in [1.82, 2.24) is 14.9 Å². The monoisotopic (exact) mass is 354 g/mol. The standard InChI is InChI=1S/C15H19ClN4O2S/c1-15(2,3)22-14(21)20-6-4-9(8-20)17-12-11-10(5-7-23-11)18-13(16)19-12/h5,7,9H,4,6,8H2,1-3H3,(H,17,18,19). The number of aromatic nitrogens is 2. The van der Waals surface area contributed by atoms with E-state index in [2.05, 4.69) is 15.3 Å². The van der Waals surface area contributed by atoms with Crippen molar-refractivity contribution in [3.63, 3.8) is 0 Å². The average Bonchev–Trinajstić information content (AvgIpc) is 3.05. The van der Waals surface area contributed by atoms with E-state index < -0.39 is 5.60 Å². The van der Waals surface area contributed by atoms with Crippen LogP contribution in [0.5, 0.6) is 0 Å². The first kappa shape index (κ1) is 16.3. The summed E-state index contributed by atoms with van der Waals surface area (Å²) in [5.74, 6) is 0.728. The zero-order valence-corrected chi connectivity index (χ0v) is 14.9. The van der Waals surface area contributed by atoms with Crippen LogP contribution in [0, 0.1) is 0 Å². The van der Waals surface area contributed by atoms with Crippen molar-refractivity contribution in [3.8, 4) is 0 Å². The van der Waals surface area contributed by atoms with Gasteiger partial charge in [0.25, 0.3) is 0 Å². The summed E-state index contributed by atoms with van der Waals surface area (Å²) in [6.45, 7) is 6.86. The van der Waals surface area contributed by atoms with Gasteiger partial charge in [-0.3, -0.25) is 0 Å². The summed E-state index contributed by atoms with van der Waals surface area (Å²) < 4.78 is 6.39. The minimum absolute atomic E-state index is 0.124. The number of nitrogens with zero attached hydrogens (tertiary/aromatic N) is 3. The molecule has 0 saturated carbocycles. The van der Waals surface area contributed by atoms with E-state index in [0.717, 1.165) is 22.5 Å². The second-order valence-electron chi connectivity index (χ2n) is 6.53. The van der Waals surface area contributed by atoms with Crippen LogP contribution < -0.4 is 5.32 Å². The van der Waals surface area contributed by atoms with Crippen LogP contribution in [0.4, 0.5) is 10.6 Å². The van der Waals surface area contributed by atoms with E-state index >= 15 is 0 Å². The highest BCUT2D eigenvalue weighted by Gasteiger charge is 2.30. The van der Waals surface area contributed by atoms with Gasteiger partial charge in [-0.15, -0.1) is 11.3 Å². The van der Waals surface area contributed by atoms with Gasteiger partial charge in [-0.05, 0) is 50.2 Å². The smallest absolute Gasteiger partial charge is 0.410 e. The number of hydrogen-bond donors (Lipinski definition) is 1. The molecule has 23 heavy (non-hydrogen) atoms. The van der Waals surface area contributed by atoms with Crippen molar-refractivity contribution in [2.75, 3.05) is 18.4 Å². The number of amides is 1. The Morgan fingerprint density at radius 3 is 3.00 bits per heavy atom. The molecular weight excluding hydrogens is 336 g/mol. The minimum Gasteiger partial charge on any atom is -0.444 e. The van der Waals surface area contributed by atoms with Crippen LogP contribution in [-0.2, 0) is 4.74 Å². The van der Waals surface area contributed by atoms with Gasteiger partial charge in [-0.1, -0.05) is 0 Å². The summed E-state index contributed by atoms with van der Waals surface area (Å²) in [6, 6.07) is 2.04. The third-order valence-electron chi connectivity index (χ3n) is 3.46. The molecule has 0 radical (unpaired) electrons. The maximum Gasteiger partial charge on any atom is 0.410 e.